The average Bonchev–Trinajstić information content (AvgIpc) is 2.91. The molecule has 1 aromatic rings. The first-order valence-electron chi connectivity index (χ1n) is 5.98. The molecular formula is C14H15NO3S. The lowest BCUT2D eigenvalue weighted by Gasteiger charge is -2.13. The summed E-state index contributed by atoms with van der Waals surface area (Å²) in [5.41, 5.74) is 6.46. The molecule has 1 amide bonds. The summed E-state index contributed by atoms with van der Waals surface area (Å²) in [7, 11) is 0. The first-order chi connectivity index (χ1) is 9.08. The second-order valence-corrected chi connectivity index (χ2v) is 5.41. The number of carbonyl (C=O) groups excluding carboxylic acids is 2. The topological polar surface area (TPSA) is 69.4 Å². The molecule has 2 atom stereocenters. The number of nitrogens with two attached hydrogens (primary N) is 1. The van der Waals surface area contributed by atoms with Crippen molar-refractivity contribution >= 4 is 23.6 Å². The van der Waals surface area contributed by atoms with Crippen molar-refractivity contribution in [2.45, 2.75) is 24.7 Å². The Bertz CT molecular complexity index is 502. The zero-order valence-electron chi connectivity index (χ0n) is 10.5. The van der Waals surface area contributed by atoms with Crippen molar-refractivity contribution in [2.75, 3.05) is 0 Å². The van der Waals surface area contributed by atoms with Gasteiger partial charge < -0.3 is 10.5 Å². The number of primary amides is 1. The smallest absolute Gasteiger partial charge is 0.405 e. The van der Waals surface area contributed by atoms with Crippen molar-refractivity contribution in [3.05, 3.63) is 46.9 Å². The minimum atomic E-state index is -0.805. The van der Waals surface area contributed by atoms with E-state index in [0.717, 1.165) is 12.0 Å². The summed E-state index contributed by atoms with van der Waals surface area (Å²) in [6, 6.07) is 7.09. The lowest BCUT2D eigenvalue weighted by molar-refractivity contribution is 0.0989. The lowest BCUT2D eigenvalue weighted by Crippen LogP contribution is -2.16. The van der Waals surface area contributed by atoms with Crippen molar-refractivity contribution < 1.29 is 14.3 Å². The molecule has 0 saturated carbocycles. The molecule has 0 aliphatic carbocycles. The molecular weight excluding hydrogens is 262 g/mol. The highest BCUT2D eigenvalue weighted by Gasteiger charge is 2.21. The molecule has 1 aliphatic heterocycles. The zero-order valence-corrected chi connectivity index (χ0v) is 11.4. The minimum Gasteiger partial charge on any atom is -0.442 e. The predicted molar refractivity (Wildman–Crippen MR) is 75.0 cm³/mol. The molecule has 4 nitrogen and oxygen atoms in total. The number of hydrogen-bond acceptors (Lipinski definition) is 4. The number of rotatable bonds is 4. The Morgan fingerprint density at radius 3 is 2.58 bits per heavy atom. The van der Waals surface area contributed by atoms with Gasteiger partial charge in [0.25, 0.3) is 0 Å². The second-order valence-electron chi connectivity index (χ2n) is 4.30. The third-order valence-corrected chi connectivity index (χ3v) is 4.02. The van der Waals surface area contributed by atoms with Crippen molar-refractivity contribution in [3.63, 3.8) is 0 Å². The number of ether oxygens (including phenoxy) is 1. The first-order valence-corrected chi connectivity index (χ1v) is 6.93. The van der Waals surface area contributed by atoms with E-state index in [1.54, 1.807) is 43.0 Å². The monoisotopic (exact) mass is 277 g/mol. The normalized spacial score (nSPS) is 19.1. The summed E-state index contributed by atoms with van der Waals surface area (Å²) in [4.78, 5) is 22.8. The largest absolute Gasteiger partial charge is 0.442 e. The Balaban J connectivity index is 2.05. The molecule has 2 unspecified atom stereocenters. The summed E-state index contributed by atoms with van der Waals surface area (Å²) in [5, 5.41) is 1.95. The van der Waals surface area contributed by atoms with Gasteiger partial charge in [0.2, 0.25) is 0 Å². The van der Waals surface area contributed by atoms with E-state index in [2.05, 4.69) is 0 Å². The van der Waals surface area contributed by atoms with Crippen molar-refractivity contribution in [1.82, 2.24) is 0 Å². The standard InChI is InChI=1S/C14H15NO3S/c1-9(18-14(15)17)10-4-6-11(7-5-10)13(16)12-3-2-8-19-12/h2,4-9,12H,3H2,1H3,(H2,15,17). The number of hydrogen-bond donors (Lipinski definition) is 1. The van der Waals surface area contributed by atoms with Crippen LogP contribution in [0.5, 0.6) is 0 Å². The van der Waals surface area contributed by atoms with Crippen LogP contribution in [0.1, 0.15) is 35.4 Å². The van der Waals surface area contributed by atoms with Crippen LogP contribution in [-0.2, 0) is 4.74 Å². The third kappa shape index (κ3) is 3.38. The number of benzene rings is 1. The van der Waals surface area contributed by atoms with Gasteiger partial charge >= 0.3 is 6.09 Å². The van der Waals surface area contributed by atoms with E-state index in [4.69, 9.17) is 10.5 Å². The fourth-order valence-electron chi connectivity index (χ4n) is 1.90. The molecule has 0 fully saturated rings. The van der Waals surface area contributed by atoms with E-state index >= 15 is 0 Å². The molecule has 0 saturated heterocycles. The van der Waals surface area contributed by atoms with Crippen LogP contribution in [-0.4, -0.2) is 17.1 Å². The summed E-state index contributed by atoms with van der Waals surface area (Å²) in [5.74, 6) is 0.130. The maximum absolute atomic E-state index is 12.1. The van der Waals surface area contributed by atoms with Gasteiger partial charge in [-0.05, 0) is 24.3 Å². The molecule has 5 heteroatoms. The quantitative estimate of drug-likeness (QED) is 0.859. The summed E-state index contributed by atoms with van der Waals surface area (Å²) < 4.78 is 4.88. The van der Waals surface area contributed by atoms with Crippen molar-refractivity contribution in [1.29, 1.82) is 0 Å². The van der Waals surface area contributed by atoms with Crippen LogP contribution in [0.3, 0.4) is 0 Å². The Hall–Kier alpha value is -1.75. The molecule has 0 spiro atoms. The SMILES string of the molecule is CC(OC(N)=O)c1ccc(C(=O)C2CC=CS2)cc1. The van der Waals surface area contributed by atoms with Crippen LogP contribution in [0.4, 0.5) is 4.79 Å². The van der Waals surface area contributed by atoms with Gasteiger partial charge in [0.05, 0.1) is 5.25 Å². The zero-order chi connectivity index (χ0) is 13.8. The summed E-state index contributed by atoms with van der Waals surface area (Å²) >= 11 is 1.55. The fourth-order valence-corrected chi connectivity index (χ4v) is 2.79. The summed E-state index contributed by atoms with van der Waals surface area (Å²) in [6.07, 6.45) is 1.57. The minimum absolute atomic E-state index is 0.00913. The van der Waals surface area contributed by atoms with Gasteiger partial charge in [-0.25, -0.2) is 4.79 Å². The number of allylic oxidation sites excluding steroid dienone is 1. The van der Waals surface area contributed by atoms with Crippen molar-refractivity contribution in [2.24, 2.45) is 5.73 Å². The van der Waals surface area contributed by atoms with Gasteiger partial charge in [-0.15, -0.1) is 11.8 Å². The van der Waals surface area contributed by atoms with Crippen LogP contribution in [0.15, 0.2) is 35.7 Å². The highest BCUT2D eigenvalue weighted by atomic mass is 32.2. The fraction of sp³-hybridized carbons (Fsp3) is 0.286. The first kappa shape index (κ1) is 13.7. The van der Waals surface area contributed by atoms with Crippen LogP contribution in [0.25, 0.3) is 0 Å². The molecule has 1 aromatic carbocycles. The van der Waals surface area contributed by atoms with Gasteiger partial charge in [-0.2, -0.15) is 0 Å². The van der Waals surface area contributed by atoms with Crippen LogP contribution in [0.2, 0.25) is 0 Å². The van der Waals surface area contributed by atoms with Gasteiger partial charge in [0.1, 0.15) is 6.10 Å². The average molecular weight is 277 g/mol. The highest BCUT2D eigenvalue weighted by molar-refractivity contribution is 8.03. The summed E-state index contributed by atoms with van der Waals surface area (Å²) in [6.45, 7) is 1.73. The number of ketones is 1. The van der Waals surface area contributed by atoms with E-state index in [1.807, 2.05) is 11.5 Å². The molecule has 0 bridgehead atoms. The number of Topliss-reactive ketones (excluding diaryl/α,β-unsaturated/α-hetero) is 1. The highest BCUT2D eigenvalue weighted by Crippen LogP contribution is 2.27. The molecule has 0 radical (unpaired) electrons. The van der Waals surface area contributed by atoms with E-state index in [1.165, 1.54) is 0 Å². The van der Waals surface area contributed by atoms with Gasteiger partial charge in [0, 0.05) is 5.56 Å². The predicted octanol–water partition coefficient (Wildman–Crippen LogP) is 3.04. The van der Waals surface area contributed by atoms with Crippen LogP contribution < -0.4 is 5.73 Å². The molecule has 2 rings (SSSR count). The van der Waals surface area contributed by atoms with Gasteiger partial charge in [-0.3, -0.25) is 4.79 Å². The molecule has 100 valence electrons. The van der Waals surface area contributed by atoms with Crippen molar-refractivity contribution in [3.8, 4) is 0 Å². The molecule has 2 N–H and O–H groups in total. The Morgan fingerprint density at radius 1 is 1.37 bits per heavy atom. The molecule has 1 aliphatic rings. The van der Waals surface area contributed by atoms with Crippen LogP contribution >= 0.6 is 11.8 Å². The van der Waals surface area contributed by atoms with E-state index in [9.17, 15) is 9.59 Å². The van der Waals surface area contributed by atoms with E-state index in [-0.39, 0.29) is 11.0 Å². The van der Waals surface area contributed by atoms with Gasteiger partial charge in [0.15, 0.2) is 5.78 Å². The number of amides is 1. The number of carbonyl (C=O) groups is 2. The Labute approximate surface area is 116 Å². The maximum atomic E-state index is 12.1. The van der Waals surface area contributed by atoms with Crippen LogP contribution in [0, 0.1) is 0 Å². The maximum Gasteiger partial charge on any atom is 0.405 e. The third-order valence-electron chi connectivity index (χ3n) is 2.94. The van der Waals surface area contributed by atoms with Gasteiger partial charge in [-0.1, -0.05) is 30.3 Å². The van der Waals surface area contributed by atoms with E-state index in [0.29, 0.717) is 5.56 Å². The Morgan fingerprint density at radius 2 is 2.05 bits per heavy atom. The molecule has 0 aromatic heterocycles. The molecule has 19 heavy (non-hydrogen) atoms. The molecule has 1 heterocycles. The second kappa shape index (κ2) is 5.93. The van der Waals surface area contributed by atoms with E-state index < -0.39 is 12.2 Å². The Kier molecular flexibility index (Phi) is 4.27. The lowest BCUT2D eigenvalue weighted by atomic mass is 10.0. The number of thioether (sulfide) groups is 1.